The highest BCUT2D eigenvalue weighted by molar-refractivity contribution is 7.82. The molecular weight excluding hydrogens is 679 g/mol. The molecule has 0 saturated carbocycles. The average Bonchev–Trinajstić information content (AvgIpc) is 3.13. The molecule has 0 fully saturated rings. The average molecular weight is 730 g/mol. The molecule has 10 heteroatoms. The number of allylic oxidation sites excluding steroid dienone is 2. The Morgan fingerprint density at radius 2 is 0.740 bits per heavy atom. The van der Waals surface area contributed by atoms with Crippen LogP contribution in [0.15, 0.2) is 160 Å². The molecule has 0 aromatic heterocycles. The van der Waals surface area contributed by atoms with Gasteiger partial charge in [-0.05, 0) is 87.1 Å². The van der Waals surface area contributed by atoms with E-state index in [2.05, 4.69) is 13.2 Å². The Balaban J connectivity index is 1.71. The molecule has 2 unspecified atom stereocenters. The van der Waals surface area contributed by atoms with Gasteiger partial charge in [-0.3, -0.25) is 0 Å². The second-order valence-electron chi connectivity index (χ2n) is 12.1. The first kappa shape index (κ1) is 37.5. The topological polar surface area (TPSA) is 74.0 Å². The molecule has 7 nitrogen and oxygen atoms in total. The van der Waals surface area contributed by atoms with Gasteiger partial charge >= 0.3 is 7.66 Å². The van der Waals surface area contributed by atoms with Crippen LogP contribution in [0.25, 0.3) is 0 Å². The lowest BCUT2D eigenvalue weighted by Crippen LogP contribution is -2.09. The van der Waals surface area contributed by atoms with Crippen molar-refractivity contribution >= 4 is 22.5 Å². The van der Waals surface area contributed by atoms with Crippen LogP contribution in [-0.2, 0) is 0 Å². The Hall–Kier alpha value is -3.75. The first-order valence-corrected chi connectivity index (χ1v) is 22.8. The van der Waals surface area contributed by atoms with E-state index >= 15 is 0 Å². The lowest BCUT2D eigenvalue weighted by atomic mass is 10.2. The molecule has 0 N–H and O–H groups in total. The van der Waals surface area contributed by atoms with E-state index in [9.17, 15) is 0 Å². The fourth-order valence-electron chi connectivity index (χ4n) is 5.52. The van der Waals surface area contributed by atoms with E-state index in [1.807, 2.05) is 133 Å². The van der Waals surface area contributed by atoms with Crippen LogP contribution in [0.4, 0.5) is 0 Å². The molecule has 4 aromatic carbocycles. The van der Waals surface area contributed by atoms with E-state index in [0.29, 0.717) is 35.3 Å². The van der Waals surface area contributed by atoms with E-state index in [4.69, 9.17) is 31.6 Å². The molecule has 0 saturated heterocycles. The van der Waals surface area contributed by atoms with Crippen molar-refractivity contribution in [3.05, 3.63) is 147 Å². The molecule has 50 heavy (non-hydrogen) atoms. The predicted molar refractivity (Wildman–Crippen MR) is 213 cm³/mol. The van der Waals surface area contributed by atoms with Gasteiger partial charge in [0.2, 0.25) is 0 Å². The van der Waals surface area contributed by atoms with Gasteiger partial charge in [0.05, 0.1) is 0 Å². The van der Waals surface area contributed by atoms with Crippen molar-refractivity contribution in [2.75, 3.05) is 12.3 Å². The molecule has 1 aliphatic heterocycles. The molecule has 5 rings (SSSR count). The number of hydrogen-bond acceptors (Lipinski definition) is 7. The van der Waals surface area contributed by atoms with Crippen molar-refractivity contribution in [1.29, 1.82) is 0 Å². The van der Waals surface area contributed by atoms with Crippen molar-refractivity contribution in [2.45, 2.75) is 64.2 Å². The first-order chi connectivity index (χ1) is 24.6. The first-order valence-electron chi connectivity index (χ1n) is 17.7. The molecule has 1 aliphatic rings. The molecule has 264 valence electrons. The van der Waals surface area contributed by atoms with E-state index in [-0.39, 0.29) is 0 Å². The van der Waals surface area contributed by atoms with Gasteiger partial charge in [0.1, 0.15) is 23.0 Å². The third kappa shape index (κ3) is 11.7. The number of hydrogen-bond donors (Lipinski definition) is 0. The smallest absolute Gasteiger partial charge is 0.441 e. The third-order valence-electron chi connectivity index (χ3n) is 7.93. The zero-order valence-electron chi connectivity index (χ0n) is 28.9. The zero-order valence-corrected chi connectivity index (χ0v) is 31.6. The number of unbranched alkanes of at least 4 members (excludes halogenated alkanes) is 8. The van der Waals surface area contributed by atoms with Gasteiger partial charge < -0.3 is 18.1 Å². The quantitative estimate of drug-likeness (QED) is 0.0458. The summed E-state index contributed by atoms with van der Waals surface area (Å²) in [4.78, 5) is 0. The molecule has 0 bridgehead atoms. The zero-order chi connectivity index (χ0) is 34.8. The highest BCUT2D eigenvalue weighted by atomic mass is 31.3. The number of para-hydroxylation sites is 4. The van der Waals surface area contributed by atoms with Gasteiger partial charge in [-0.25, -0.2) is 0 Å². The number of nitrogens with zero attached hydrogens (tertiary/aromatic N) is 3. The van der Waals surface area contributed by atoms with Crippen molar-refractivity contribution in [3.8, 4) is 23.0 Å². The van der Waals surface area contributed by atoms with Crippen LogP contribution >= 0.6 is 22.5 Å². The minimum absolute atomic E-state index is 0.621. The highest BCUT2D eigenvalue weighted by Gasteiger charge is 2.44. The largest absolute Gasteiger partial charge is 0.455 e. The lowest BCUT2D eigenvalue weighted by molar-refractivity contribution is 0.474. The van der Waals surface area contributed by atoms with Crippen LogP contribution in [0, 0.1) is 0 Å². The number of rotatable bonds is 22. The molecular formula is C40H50N3O4P3. The van der Waals surface area contributed by atoms with E-state index in [1.54, 1.807) is 0 Å². The molecule has 0 spiro atoms. The monoisotopic (exact) mass is 729 g/mol. The summed E-state index contributed by atoms with van der Waals surface area (Å²) in [5.41, 5.74) is 0. The van der Waals surface area contributed by atoms with Gasteiger partial charge in [-0.2, -0.15) is 4.52 Å². The summed E-state index contributed by atoms with van der Waals surface area (Å²) in [7, 11) is -9.59. The summed E-state index contributed by atoms with van der Waals surface area (Å²) in [6.45, 7) is 7.79. The van der Waals surface area contributed by atoms with Crippen LogP contribution in [0.3, 0.4) is 0 Å². The van der Waals surface area contributed by atoms with Crippen LogP contribution in [0.2, 0.25) is 0 Å². The van der Waals surface area contributed by atoms with Gasteiger partial charge in [0.15, 0.2) is 0 Å². The Morgan fingerprint density at radius 1 is 0.400 bits per heavy atom. The molecule has 4 aromatic rings. The Labute approximate surface area is 299 Å². The maximum absolute atomic E-state index is 7.06. The molecule has 0 radical (unpaired) electrons. The normalized spacial score (nSPS) is 19.1. The predicted octanol–water partition coefficient (Wildman–Crippen LogP) is 14.6. The molecule has 1 heterocycles. The second kappa shape index (κ2) is 19.6. The minimum atomic E-state index is -3.51. The Bertz CT molecular complexity index is 1680. The Morgan fingerprint density at radius 3 is 1.12 bits per heavy atom. The fourth-order valence-corrected chi connectivity index (χ4v) is 17.3. The third-order valence-corrected chi connectivity index (χ3v) is 17.9. The summed E-state index contributed by atoms with van der Waals surface area (Å²) in [6, 6.07) is 39.1. The van der Waals surface area contributed by atoms with Gasteiger partial charge in [0, 0.05) is 12.3 Å². The summed E-state index contributed by atoms with van der Waals surface area (Å²) in [5, 5.41) is 0. The standard InChI is InChI=1S/C40H50N3O4P3/c1-3-5-7-9-11-25-35-48(44-37-27-17-13-18-28-37)41-49(36-26-12-10-8-6-4-2,45-38-29-19-14-20-30-38)43-50(42-48,46-39-31-21-15-22-32-39)47-40-33-23-16-24-34-40/h3-4,13-24,27-34H,1-2,5-12,25-26,35-36H2. The lowest BCUT2D eigenvalue weighted by Gasteiger charge is -2.35. The van der Waals surface area contributed by atoms with Crippen LogP contribution in [0.5, 0.6) is 23.0 Å². The summed E-state index contributed by atoms with van der Waals surface area (Å²) in [5.74, 6) is 2.66. The van der Waals surface area contributed by atoms with Crippen molar-refractivity contribution in [1.82, 2.24) is 0 Å². The van der Waals surface area contributed by atoms with Gasteiger partial charge in [-0.15, -0.1) is 22.2 Å². The van der Waals surface area contributed by atoms with Gasteiger partial charge in [0.25, 0.3) is 14.9 Å². The van der Waals surface area contributed by atoms with Crippen molar-refractivity contribution < 1.29 is 18.1 Å². The maximum Gasteiger partial charge on any atom is 0.455 e. The van der Waals surface area contributed by atoms with E-state index in [1.165, 1.54) is 0 Å². The van der Waals surface area contributed by atoms with E-state index < -0.39 is 22.5 Å². The summed E-state index contributed by atoms with van der Waals surface area (Å²) in [6.07, 6.45) is 15.4. The molecule has 0 amide bonds. The Kier molecular flexibility index (Phi) is 14.7. The summed E-state index contributed by atoms with van der Waals surface area (Å²) < 4.78 is 44.6. The van der Waals surface area contributed by atoms with E-state index in [0.717, 1.165) is 64.2 Å². The van der Waals surface area contributed by atoms with Crippen molar-refractivity contribution in [2.24, 2.45) is 13.5 Å². The minimum Gasteiger partial charge on any atom is -0.441 e. The van der Waals surface area contributed by atoms with Crippen LogP contribution < -0.4 is 18.1 Å². The fraction of sp³-hybridized carbons (Fsp3) is 0.300. The number of benzene rings is 4. The maximum atomic E-state index is 7.06. The highest BCUT2D eigenvalue weighted by Crippen LogP contribution is 2.78. The van der Waals surface area contributed by atoms with Crippen LogP contribution in [-0.4, -0.2) is 12.3 Å². The second-order valence-corrected chi connectivity index (χ2v) is 19.5. The van der Waals surface area contributed by atoms with Crippen LogP contribution in [0.1, 0.15) is 64.2 Å². The van der Waals surface area contributed by atoms with Crippen molar-refractivity contribution in [3.63, 3.8) is 0 Å². The molecule has 2 atom stereocenters. The molecule has 0 aliphatic carbocycles. The van der Waals surface area contributed by atoms with Gasteiger partial charge in [-0.1, -0.05) is 111 Å². The SMILES string of the molecule is C=CCCCCCCP1(Oc2ccccc2)=NP(CCCCCCC=C)(Oc2ccccc2)=NP(Oc2ccccc2)(Oc2ccccc2)=N1. The summed E-state index contributed by atoms with van der Waals surface area (Å²) >= 11 is 0.